The van der Waals surface area contributed by atoms with Crippen LogP contribution in [0.4, 0.5) is 9.80 Å². The number of carbonyl (C=O) groups excluding carboxylic acids is 2. The highest BCUT2D eigenvalue weighted by atomic mass is 32.1. The molecule has 0 radical (unpaired) electrons. The number of thiophene rings is 1. The zero-order chi connectivity index (χ0) is 21.2. The van der Waals surface area contributed by atoms with Gasteiger partial charge in [-0.1, -0.05) is 0 Å². The van der Waals surface area contributed by atoms with Crippen LogP contribution in [0.3, 0.4) is 0 Å². The fourth-order valence-electron chi connectivity index (χ4n) is 3.01. The highest BCUT2D eigenvalue weighted by molar-refractivity contribution is 7.16. The summed E-state index contributed by atoms with van der Waals surface area (Å²) >= 11 is 1.33. The van der Waals surface area contributed by atoms with Gasteiger partial charge in [0, 0.05) is 17.0 Å². The van der Waals surface area contributed by atoms with Gasteiger partial charge in [0.1, 0.15) is 22.4 Å². The lowest BCUT2D eigenvalue weighted by Crippen LogP contribution is -2.39. The fraction of sp³-hybridized carbons (Fsp3) is 0.381. The van der Waals surface area contributed by atoms with Gasteiger partial charge in [-0.2, -0.15) is 5.26 Å². The molecule has 0 saturated carbocycles. The number of nitrogens with one attached hydrogen (secondary N) is 1. The predicted molar refractivity (Wildman–Crippen MR) is 110 cm³/mol. The zero-order valence-corrected chi connectivity index (χ0v) is 17.7. The Kier molecular flexibility index (Phi) is 5.80. The smallest absolute Gasteiger partial charge is 0.410 e. The summed E-state index contributed by atoms with van der Waals surface area (Å²) in [5.74, 6) is 0.361. The molecule has 1 aromatic heterocycles. The van der Waals surface area contributed by atoms with E-state index >= 15 is 0 Å². The highest BCUT2D eigenvalue weighted by Crippen LogP contribution is 2.37. The van der Waals surface area contributed by atoms with E-state index in [9.17, 15) is 14.9 Å². The average molecular weight is 413 g/mol. The van der Waals surface area contributed by atoms with Gasteiger partial charge >= 0.3 is 6.09 Å². The van der Waals surface area contributed by atoms with E-state index in [2.05, 4.69) is 11.4 Å². The lowest BCUT2D eigenvalue weighted by molar-refractivity contribution is 0.0226. The zero-order valence-electron chi connectivity index (χ0n) is 16.9. The Morgan fingerprint density at radius 1 is 1.24 bits per heavy atom. The van der Waals surface area contributed by atoms with E-state index in [-0.39, 0.29) is 12.0 Å². The topological polar surface area (TPSA) is 91.7 Å². The number of nitrogens with zero attached hydrogens (tertiary/aromatic N) is 2. The number of carbonyl (C=O) groups is 2. The SMILES string of the molecule is COc1ccc(C(=O)Nc2sc3c(c2C#N)CCN(C(=O)OC(C)(C)C)C3)cc1. The third-order valence-electron chi connectivity index (χ3n) is 4.40. The van der Waals surface area contributed by atoms with Crippen molar-refractivity contribution in [3.63, 3.8) is 0 Å². The predicted octanol–water partition coefficient (Wildman–Crippen LogP) is 4.17. The van der Waals surface area contributed by atoms with Gasteiger partial charge < -0.3 is 19.7 Å². The molecule has 152 valence electrons. The maximum atomic E-state index is 12.6. The van der Waals surface area contributed by atoms with E-state index in [1.165, 1.54) is 11.3 Å². The van der Waals surface area contributed by atoms with Crippen molar-refractivity contribution in [3.8, 4) is 11.8 Å². The highest BCUT2D eigenvalue weighted by Gasteiger charge is 2.30. The van der Waals surface area contributed by atoms with Crippen molar-refractivity contribution in [2.45, 2.75) is 39.3 Å². The van der Waals surface area contributed by atoms with Crippen molar-refractivity contribution in [2.24, 2.45) is 0 Å². The first kappa shape index (κ1) is 20.7. The average Bonchev–Trinajstić information content (AvgIpc) is 3.02. The Morgan fingerprint density at radius 2 is 1.93 bits per heavy atom. The van der Waals surface area contributed by atoms with Crippen LogP contribution in [0.25, 0.3) is 0 Å². The molecule has 29 heavy (non-hydrogen) atoms. The molecule has 0 fully saturated rings. The number of rotatable bonds is 3. The Hall–Kier alpha value is -3.05. The molecule has 0 saturated heterocycles. The summed E-state index contributed by atoms with van der Waals surface area (Å²) < 4.78 is 10.5. The van der Waals surface area contributed by atoms with Gasteiger partial charge in [-0.15, -0.1) is 11.3 Å². The van der Waals surface area contributed by atoms with Gasteiger partial charge in [0.2, 0.25) is 0 Å². The van der Waals surface area contributed by atoms with Gasteiger partial charge in [0.05, 0.1) is 19.2 Å². The summed E-state index contributed by atoms with van der Waals surface area (Å²) in [6.07, 6.45) is 0.172. The molecule has 0 spiro atoms. The van der Waals surface area contributed by atoms with Crippen molar-refractivity contribution < 1.29 is 19.1 Å². The van der Waals surface area contributed by atoms with Crippen LogP contribution in [0.15, 0.2) is 24.3 Å². The maximum absolute atomic E-state index is 12.6. The summed E-state index contributed by atoms with van der Waals surface area (Å²) in [6.45, 7) is 6.31. The number of hydrogen-bond acceptors (Lipinski definition) is 6. The van der Waals surface area contributed by atoms with Crippen LogP contribution in [0.1, 0.15) is 47.1 Å². The van der Waals surface area contributed by atoms with Gasteiger partial charge in [-0.3, -0.25) is 4.79 Å². The number of ether oxygens (including phenoxy) is 2. The maximum Gasteiger partial charge on any atom is 0.410 e. The number of fused-ring (bicyclic) bond motifs is 1. The van der Waals surface area contributed by atoms with Crippen LogP contribution in [0.5, 0.6) is 5.75 Å². The second-order valence-corrected chi connectivity index (χ2v) is 8.76. The Morgan fingerprint density at radius 3 is 2.52 bits per heavy atom. The first-order chi connectivity index (χ1) is 13.7. The first-order valence-electron chi connectivity index (χ1n) is 9.20. The monoisotopic (exact) mass is 413 g/mol. The van der Waals surface area contributed by atoms with E-state index in [4.69, 9.17) is 9.47 Å². The van der Waals surface area contributed by atoms with E-state index in [0.29, 0.717) is 41.4 Å². The largest absolute Gasteiger partial charge is 0.497 e. The normalized spacial score (nSPS) is 13.3. The third-order valence-corrected chi connectivity index (χ3v) is 5.53. The molecule has 2 aromatic rings. The summed E-state index contributed by atoms with van der Waals surface area (Å²) in [5, 5.41) is 13.0. The quantitative estimate of drug-likeness (QED) is 0.815. The van der Waals surface area contributed by atoms with Crippen LogP contribution in [0.2, 0.25) is 0 Å². The molecule has 0 bridgehead atoms. The van der Waals surface area contributed by atoms with Gasteiger partial charge in [0.25, 0.3) is 5.91 Å². The molecule has 1 N–H and O–H groups in total. The number of benzene rings is 1. The number of methoxy groups -OCH3 is 1. The molecule has 7 nitrogen and oxygen atoms in total. The van der Waals surface area contributed by atoms with Crippen molar-refractivity contribution in [1.29, 1.82) is 5.26 Å². The van der Waals surface area contributed by atoms with Crippen molar-refractivity contribution in [2.75, 3.05) is 19.0 Å². The number of amides is 2. The molecular formula is C21H23N3O4S. The van der Waals surface area contributed by atoms with E-state index < -0.39 is 5.60 Å². The van der Waals surface area contributed by atoms with Gasteiger partial charge in [-0.05, 0) is 57.0 Å². The minimum Gasteiger partial charge on any atom is -0.497 e. The van der Waals surface area contributed by atoms with Crippen molar-refractivity contribution in [1.82, 2.24) is 4.90 Å². The molecular weight excluding hydrogens is 390 g/mol. The van der Waals surface area contributed by atoms with Crippen molar-refractivity contribution in [3.05, 3.63) is 45.8 Å². The van der Waals surface area contributed by atoms with Crippen LogP contribution in [-0.4, -0.2) is 36.2 Å². The van der Waals surface area contributed by atoms with Gasteiger partial charge in [-0.25, -0.2) is 4.79 Å². The fourth-order valence-corrected chi connectivity index (χ4v) is 4.22. The number of hydrogen-bond donors (Lipinski definition) is 1. The Balaban J connectivity index is 1.78. The lowest BCUT2D eigenvalue weighted by atomic mass is 10.0. The summed E-state index contributed by atoms with van der Waals surface area (Å²) in [6, 6.07) is 8.94. The molecule has 3 rings (SSSR count). The summed E-state index contributed by atoms with van der Waals surface area (Å²) in [7, 11) is 1.56. The molecule has 1 aromatic carbocycles. The number of nitriles is 1. The minimum atomic E-state index is -0.567. The molecule has 8 heteroatoms. The number of anilines is 1. The third kappa shape index (κ3) is 4.69. The Bertz CT molecular complexity index is 968. The van der Waals surface area contributed by atoms with Crippen LogP contribution >= 0.6 is 11.3 Å². The van der Waals surface area contributed by atoms with E-state index in [0.717, 1.165) is 10.4 Å². The van der Waals surface area contributed by atoms with Gasteiger partial charge in [0.15, 0.2) is 0 Å². The molecule has 0 unspecified atom stereocenters. The Labute approximate surface area is 173 Å². The standard InChI is InChI=1S/C21H23N3O4S/c1-21(2,3)28-20(26)24-10-9-15-16(11-22)19(29-17(15)12-24)23-18(25)13-5-7-14(27-4)8-6-13/h5-8H,9-10,12H2,1-4H3,(H,23,25). The van der Waals surface area contributed by atoms with E-state index in [1.54, 1.807) is 36.3 Å². The minimum absolute atomic E-state index is 0.299. The van der Waals surface area contributed by atoms with Crippen LogP contribution in [0, 0.1) is 11.3 Å². The second-order valence-electron chi connectivity index (χ2n) is 7.65. The van der Waals surface area contributed by atoms with Crippen LogP contribution < -0.4 is 10.1 Å². The molecule has 2 heterocycles. The van der Waals surface area contributed by atoms with Crippen LogP contribution in [-0.2, 0) is 17.7 Å². The lowest BCUT2D eigenvalue weighted by Gasteiger charge is -2.29. The molecule has 0 atom stereocenters. The van der Waals surface area contributed by atoms with Crippen molar-refractivity contribution >= 4 is 28.3 Å². The molecule has 0 aliphatic carbocycles. The molecule has 1 aliphatic heterocycles. The summed E-state index contributed by atoms with van der Waals surface area (Å²) in [4.78, 5) is 27.5. The van der Waals surface area contributed by atoms with E-state index in [1.807, 2.05) is 20.8 Å². The first-order valence-corrected chi connectivity index (χ1v) is 10.0. The molecule has 2 amide bonds. The molecule has 1 aliphatic rings. The second kappa shape index (κ2) is 8.13. The summed E-state index contributed by atoms with van der Waals surface area (Å²) in [5.41, 5.74) is 1.26.